The van der Waals surface area contributed by atoms with Gasteiger partial charge in [0.05, 0.1) is 6.54 Å². The predicted octanol–water partition coefficient (Wildman–Crippen LogP) is -2.93. The third-order valence-corrected chi connectivity index (χ3v) is 2.79. The molecule has 0 spiro atoms. The number of hydrogen-bond donors (Lipinski definition) is 3. The van der Waals surface area contributed by atoms with Crippen LogP contribution in [0.15, 0.2) is 0 Å². The topological polar surface area (TPSA) is 130 Å². The average molecular weight is 223 g/mol. The fourth-order valence-electron chi connectivity index (χ4n) is 1.10. The summed E-state index contributed by atoms with van der Waals surface area (Å²) >= 11 is 0. The van der Waals surface area contributed by atoms with Gasteiger partial charge in [-0.1, -0.05) is 0 Å². The van der Waals surface area contributed by atoms with Crippen LogP contribution in [-0.2, 0) is 19.8 Å². The van der Waals surface area contributed by atoms with Gasteiger partial charge in [0.2, 0.25) is 5.91 Å². The van der Waals surface area contributed by atoms with Gasteiger partial charge in [0.25, 0.3) is 10.2 Å². The van der Waals surface area contributed by atoms with E-state index in [-0.39, 0.29) is 6.54 Å². The SMILES string of the molecule is NS(=O)(=O)N1CC(=O)NCC1C(=O)O. The molecule has 80 valence electrons. The van der Waals surface area contributed by atoms with Crippen LogP contribution < -0.4 is 10.5 Å². The third kappa shape index (κ3) is 2.19. The quantitative estimate of drug-likeness (QED) is 0.461. The molecule has 0 aromatic heterocycles. The summed E-state index contributed by atoms with van der Waals surface area (Å²) < 4.78 is 22.3. The number of carboxylic acids is 1. The first-order valence-corrected chi connectivity index (χ1v) is 5.12. The molecule has 8 nitrogen and oxygen atoms in total. The molecule has 0 saturated carbocycles. The number of hydrogen-bond acceptors (Lipinski definition) is 4. The van der Waals surface area contributed by atoms with E-state index in [0.29, 0.717) is 4.31 Å². The number of aliphatic carboxylic acids is 1. The van der Waals surface area contributed by atoms with Crippen molar-refractivity contribution in [3.05, 3.63) is 0 Å². The van der Waals surface area contributed by atoms with Gasteiger partial charge in [-0.05, 0) is 0 Å². The summed E-state index contributed by atoms with van der Waals surface area (Å²) in [7, 11) is -4.16. The standard InChI is InChI=1S/C5H9N3O5S/c6-14(12,13)8-2-4(9)7-1-3(8)5(10)11/h3H,1-2H2,(H,7,9)(H,10,11)(H2,6,12,13). The first kappa shape index (κ1) is 10.9. The Morgan fingerprint density at radius 1 is 1.64 bits per heavy atom. The van der Waals surface area contributed by atoms with Crippen LogP contribution in [0.2, 0.25) is 0 Å². The second-order valence-electron chi connectivity index (χ2n) is 2.75. The molecule has 1 rings (SSSR count). The van der Waals surface area contributed by atoms with Gasteiger partial charge in [-0.2, -0.15) is 12.7 Å². The number of carbonyl (C=O) groups excluding carboxylic acids is 1. The van der Waals surface area contributed by atoms with E-state index in [1.807, 2.05) is 0 Å². The van der Waals surface area contributed by atoms with Crippen LogP contribution in [0.3, 0.4) is 0 Å². The number of nitrogens with one attached hydrogen (secondary N) is 1. The molecule has 1 unspecified atom stereocenters. The molecule has 9 heteroatoms. The lowest BCUT2D eigenvalue weighted by molar-refractivity contribution is -0.143. The fraction of sp³-hybridized carbons (Fsp3) is 0.600. The molecule has 4 N–H and O–H groups in total. The van der Waals surface area contributed by atoms with E-state index in [2.05, 4.69) is 5.32 Å². The zero-order chi connectivity index (χ0) is 10.9. The van der Waals surface area contributed by atoms with E-state index >= 15 is 0 Å². The zero-order valence-electron chi connectivity index (χ0n) is 7.00. The number of rotatable bonds is 2. The summed E-state index contributed by atoms with van der Waals surface area (Å²) in [6.45, 7) is -0.833. The predicted molar refractivity (Wildman–Crippen MR) is 44.2 cm³/mol. The molecule has 1 amide bonds. The highest BCUT2D eigenvalue weighted by atomic mass is 32.2. The summed E-state index contributed by atoms with van der Waals surface area (Å²) in [5.41, 5.74) is 0. The molecule has 1 atom stereocenters. The Hall–Kier alpha value is -1.19. The average Bonchev–Trinajstić information content (AvgIpc) is 2.01. The molecule has 1 saturated heterocycles. The molecule has 1 aliphatic rings. The van der Waals surface area contributed by atoms with Gasteiger partial charge in [0, 0.05) is 6.54 Å². The summed E-state index contributed by atoms with van der Waals surface area (Å²) in [6.07, 6.45) is 0. The van der Waals surface area contributed by atoms with E-state index in [0.717, 1.165) is 0 Å². The molecule has 1 aliphatic heterocycles. The Morgan fingerprint density at radius 2 is 2.21 bits per heavy atom. The molecule has 0 aromatic rings. The first-order chi connectivity index (χ1) is 6.32. The van der Waals surface area contributed by atoms with E-state index < -0.39 is 34.7 Å². The summed E-state index contributed by atoms with van der Waals surface area (Å²) in [5.74, 6) is -1.92. The number of amides is 1. The van der Waals surface area contributed by atoms with E-state index in [1.54, 1.807) is 0 Å². The fourth-order valence-corrected chi connectivity index (χ4v) is 1.91. The molecule has 0 radical (unpaired) electrons. The normalized spacial score (nSPS) is 24.4. The summed E-state index contributed by atoms with van der Waals surface area (Å²) in [5, 5.41) is 15.6. The molecule has 14 heavy (non-hydrogen) atoms. The van der Waals surface area contributed by atoms with Crippen molar-refractivity contribution < 1.29 is 23.1 Å². The second-order valence-corrected chi connectivity index (χ2v) is 4.25. The minimum atomic E-state index is -4.16. The minimum absolute atomic E-state index is 0.273. The molecule has 0 aliphatic carbocycles. The Balaban J connectivity index is 2.96. The number of nitrogens with zero attached hydrogens (tertiary/aromatic N) is 1. The third-order valence-electron chi connectivity index (χ3n) is 1.75. The monoisotopic (exact) mass is 223 g/mol. The molecular weight excluding hydrogens is 214 g/mol. The highest BCUT2D eigenvalue weighted by Gasteiger charge is 2.37. The van der Waals surface area contributed by atoms with Crippen LogP contribution in [0.4, 0.5) is 0 Å². The van der Waals surface area contributed by atoms with Gasteiger partial charge >= 0.3 is 5.97 Å². The van der Waals surface area contributed by atoms with Gasteiger partial charge in [-0.15, -0.1) is 0 Å². The highest BCUT2D eigenvalue weighted by Crippen LogP contribution is 2.07. The number of nitrogens with two attached hydrogens (primary N) is 1. The number of piperazine rings is 1. The van der Waals surface area contributed by atoms with Gasteiger partial charge in [-0.25, -0.2) is 5.14 Å². The van der Waals surface area contributed by atoms with E-state index in [4.69, 9.17) is 10.2 Å². The van der Waals surface area contributed by atoms with Crippen molar-refractivity contribution >= 4 is 22.1 Å². The zero-order valence-corrected chi connectivity index (χ0v) is 7.82. The van der Waals surface area contributed by atoms with Crippen LogP contribution in [0.25, 0.3) is 0 Å². The minimum Gasteiger partial charge on any atom is -0.480 e. The van der Waals surface area contributed by atoms with E-state index in [9.17, 15) is 18.0 Å². The Labute approximate surface area is 79.9 Å². The maximum atomic E-state index is 10.9. The highest BCUT2D eigenvalue weighted by molar-refractivity contribution is 7.86. The molecule has 0 aromatic carbocycles. The lowest BCUT2D eigenvalue weighted by atomic mass is 10.2. The van der Waals surface area contributed by atoms with Gasteiger partial charge in [0.1, 0.15) is 6.04 Å². The first-order valence-electron chi connectivity index (χ1n) is 3.61. The van der Waals surface area contributed by atoms with Gasteiger partial charge in [0.15, 0.2) is 0 Å². The van der Waals surface area contributed by atoms with Crippen molar-refractivity contribution in [2.45, 2.75) is 6.04 Å². The second kappa shape index (κ2) is 3.52. The van der Waals surface area contributed by atoms with Crippen molar-refractivity contribution in [1.29, 1.82) is 0 Å². The Kier molecular flexibility index (Phi) is 2.73. The Morgan fingerprint density at radius 3 is 2.64 bits per heavy atom. The van der Waals surface area contributed by atoms with Crippen LogP contribution in [-0.4, -0.2) is 48.8 Å². The van der Waals surface area contributed by atoms with Crippen LogP contribution in [0, 0.1) is 0 Å². The van der Waals surface area contributed by atoms with Crippen molar-refractivity contribution in [2.75, 3.05) is 13.1 Å². The Bertz CT molecular complexity index is 364. The van der Waals surface area contributed by atoms with Crippen LogP contribution >= 0.6 is 0 Å². The van der Waals surface area contributed by atoms with Crippen LogP contribution in [0.1, 0.15) is 0 Å². The lowest BCUT2D eigenvalue weighted by Gasteiger charge is -2.29. The smallest absolute Gasteiger partial charge is 0.323 e. The van der Waals surface area contributed by atoms with Gasteiger partial charge in [-0.3, -0.25) is 9.59 Å². The maximum absolute atomic E-state index is 10.9. The molecule has 1 heterocycles. The number of carboxylic acid groups (broad SMARTS) is 1. The van der Waals surface area contributed by atoms with Crippen molar-refractivity contribution in [1.82, 2.24) is 9.62 Å². The lowest BCUT2D eigenvalue weighted by Crippen LogP contribution is -2.60. The van der Waals surface area contributed by atoms with Crippen molar-refractivity contribution in [3.63, 3.8) is 0 Å². The van der Waals surface area contributed by atoms with Crippen molar-refractivity contribution in [2.24, 2.45) is 5.14 Å². The molecule has 1 fully saturated rings. The molecular formula is C5H9N3O5S. The molecule has 0 bridgehead atoms. The van der Waals surface area contributed by atoms with Gasteiger partial charge < -0.3 is 10.4 Å². The van der Waals surface area contributed by atoms with E-state index in [1.165, 1.54) is 0 Å². The number of carbonyl (C=O) groups is 2. The largest absolute Gasteiger partial charge is 0.480 e. The summed E-state index contributed by atoms with van der Waals surface area (Å²) in [4.78, 5) is 21.4. The maximum Gasteiger partial charge on any atom is 0.323 e. The summed E-state index contributed by atoms with van der Waals surface area (Å²) in [6, 6.07) is -1.33. The van der Waals surface area contributed by atoms with Crippen LogP contribution in [0.5, 0.6) is 0 Å². The van der Waals surface area contributed by atoms with Crippen molar-refractivity contribution in [3.8, 4) is 0 Å².